The molecule has 6 heteroatoms. The number of para-hydroxylation sites is 2. The van der Waals surface area contributed by atoms with Gasteiger partial charge in [0.15, 0.2) is 5.58 Å². The minimum Gasteiger partial charge on any atom is -0.408 e. The van der Waals surface area contributed by atoms with Gasteiger partial charge in [0.2, 0.25) is 5.91 Å². The van der Waals surface area contributed by atoms with Crippen LogP contribution in [0.2, 0.25) is 0 Å². The molecule has 24 heavy (non-hydrogen) atoms. The quantitative estimate of drug-likeness (QED) is 0.782. The third-order valence-electron chi connectivity index (χ3n) is 3.63. The van der Waals surface area contributed by atoms with E-state index in [1.807, 2.05) is 18.2 Å². The number of nitrogens with one attached hydrogen (secondary N) is 1. The Balaban J connectivity index is 1.59. The molecule has 1 aromatic heterocycles. The molecule has 3 rings (SSSR count). The number of carbonyl (C=O) groups excluding carboxylic acids is 1. The van der Waals surface area contributed by atoms with Gasteiger partial charge in [-0.05, 0) is 36.8 Å². The molecule has 0 bridgehead atoms. The van der Waals surface area contributed by atoms with Crippen LogP contribution >= 0.6 is 0 Å². The van der Waals surface area contributed by atoms with Crippen molar-refractivity contribution < 1.29 is 9.21 Å². The van der Waals surface area contributed by atoms with Crippen molar-refractivity contribution in [2.45, 2.75) is 19.4 Å². The van der Waals surface area contributed by atoms with E-state index in [0.29, 0.717) is 29.8 Å². The number of fused-ring (bicyclic) bond motifs is 1. The molecule has 0 aliphatic heterocycles. The second-order valence-corrected chi connectivity index (χ2v) is 5.33. The second kappa shape index (κ2) is 6.84. The summed E-state index contributed by atoms with van der Waals surface area (Å²) in [5, 5.41) is 11.6. The number of aromatic nitrogens is 1. The van der Waals surface area contributed by atoms with Crippen molar-refractivity contribution in [3.05, 3.63) is 64.6 Å². The molecule has 0 radical (unpaired) electrons. The number of hydrogen-bond donors (Lipinski definition) is 1. The summed E-state index contributed by atoms with van der Waals surface area (Å²) in [6.45, 7) is 0.404. The fourth-order valence-electron chi connectivity index (χ4n) is 2.51. The molecule has 0 saturated heterocycles. The molecule has 0 spiro atoms. The highest BCUT2D eigenvalue weighted by molar-refractivity contribution is 5.90. The average Bonchev–Trinajstić information content (AvgIpc) is 2.91. The Morgan fingerprint density at radius 3 is 2.88 bits per heavy atom. The van der Waals surface area contributed by atoms with Crippen molar-refractivity contribution in [3.8, 4) is 6.07 Å². The van der Waals surface area contributed by atoms with E-state index in [1.165, 1.54) is 4.57 Å². The summed E-state index contributed by atoms with van der Waals surface area (Å²) in [6.07, 6.45) is 0.774. The standard InChI is InChI=1S/C18H15N3O3/c19-12-13-5-3-6-14(11-13)20-17(22)9-4-10-21-15-7-1-2-8-16(15)24-18(21)23/h1-3,5-8,11H,4,9-10H2,(H,20,22). The zero-order chi connectivity index (χ0) is 16.9. The van der Waals surface area contributed by atoms with Crippen LogP contribution in [-0.2, 0) is 11.3 Å². The van der Waals surface area contributed by atoms with Gasteiger partial charge in [0.05, 0.1) is 17.1 Å². The summed E-state index contributed by atoms with van der Waals surface area (Å²) in [6, 6.07) is 15.9. The molecule has 120 valence electrons. The first-order chi connectivity index (χ1) is 11.7. The van der Waals surface area contributed by atoms with Gasteiger partial charge in [-0.3, -0.25) is 9.36 Å². The summed E-state index contributed by atoms with van der Waals surface area (Å²) >= 11 is 0. The van der Waals surface area contributed by atoms with Gasteiger partial charge in [-0.2, -0.15) is 5.26 Å². The van der Waals surface area contributed by atoms with Crippen LogP contribution in [0.1, 0.15) is 18.4 Å². The lowest BCUT2D eigenvalue weighted by atomic mass is 10.2. The SMILES string of the molecule is N#Cc1cccc(NC(=O)CCCn2c(=O)oc3ccccc32)c1. The minimum atomic E-state index is -0.418. The molecular formula is C18H15N3O3. The Bertz CT molecular complexity index is 979. The van der Waals surface area contributed by atoms with Crippen LogP contribution in [0.25, 0.3) is 11.1 Å². The zero-order valence-corrected chi connectivity index (χ0v) is 12.9. The van der Waals surface area contributed by atoms with Crippen LogP contribution < -0.4 is 11.1 Å². The summed E-state index contributed by atoms with van der Waals surface area (Å²) in [5.74, 6) is -0.579. The van der Waals surface area contributed by atoms with Crippen molar-refractivity contribution in [2.75, 3.05) is 5.32 Å². The van der Waals surface area contributed by atoms with Crippen LogP contribution in [0.15, 0.2) is 57.7 Å². The number of anilines is 1. The molecule has 3 aromatic rings. The first kappa shape index (κ1) is 15.6. The van der Waals surface area contributed by atoms with E-state index in [1.54, 1.807) is 36.4 Å². The number of oxazole rings is 1. The molecule has 0 aliphatic carbocycles. The topological polar surface area (TPSA) is 88.0 Å². The normalized spacial score (nSPS) is 10.5. The number of benzene rings is 2. The molecule has 1 N–H and O–H groups in total. The van der Waals surface area contributed by atoms with Gasteiger partial charge in [-0.15, -0.1) is 0 Å². The van der Waals surface area contributed by atoms with Gasteiger partial charge >= 0.3 is 5.76 Å². The maximum absolute atomic E-state index is 12.0. The number of amides is 1. The smallest absolute Gasteiger partial charge is 0.408 e. The Labute approximate surface area is 137 Å². The fraction of sp³-hybridized carbons (Fsp3) is 0.167. The molecule has 0 saturated carbocycles. The number of carbonyl (C=O) groups is 1. The lowest BCUT2D eigenvalue weighted by Crippen LogP contribution is -2.17. The summed E-state index contributed by atoms with van der Waals surface area (Å²) in [7, 11) is 0. The van der Waals surface area contributed by atoms with Crippen LogP contribution in [-0.4, -0.2) is 10.5 Å². The average molecular weight is 321 g/mol. The number of hydrogen-bond acceptors (Lipinski definition) is 4. The Morgan fingerprint density at radius 1 is 1.21 bits per heavy atom. The highest BCUT2D eigenvalue weighted by Crippen LogP contribution is 2.13. The van der Waals surface area contributed by atoms with E-state index in [-0.39, 0.29) is 12.3 Å². The molecule has 1 amide bonds. The highest BCUT2D eigenvalue weighted by atomic mass is 16.4. The Hall–Kier alpha value is -3.33. The molecule has 2 aromatic carbocycles. The van der Waals surface area contributed by atoms with Gasteiger partial charge in [0, 0.05) is 18.7 Å². The van der Waals surface area contributed by atoms with Crippen molar-refractivity contribution >= 4 is 22.7 Å². The van der Waals surface area contributed by atoms with Gasteiger partial charge in [-0.25, -0.2) is 4.79 Å². The molecule has 0 fully saturated rings. The molecule has 0 aliphatic rings. The van der Waals surface area contributed by atoms with E-state index in [9.17, 15) is 9.59 Å². The van der Waals surface area contributed by atoms with E-state index in [2.05, 4.69) is 5.32 Å². The van der Waals surface area contributed by atoms with E-state index >= 15 is 0 Å². The van der Waals surface area contributed by atoms with Crippen molar-refractivity contribution in [1.82, 2.24) is 4.57 Å². The van der Waals surface area contributed by atoms with Gasteiger partial charge in [-0.1, -0.05) is 18.2 Å². The lowest BCUT2D eigenvalue weighted by molar-refractivity contribution is -0.116. The van der Waals surface area contributed by atoms with Crippen LogP contribution in [0.4, 0.5) is 5.69 Å². The molecule has 6 nitrogen and oxygen atoms in total. The minimum absolute atomic E-state index is 0.161. The molecule has 0 unspecified atom stereocenters. The van der Waals surface area contributed by atoms with Gasteiger partial charge in [0.25, 0.3) is 0 Å². The number of aryl methyl sites for hydroxylation is 1. The third kappa shape index (κ3) is 3.36. The fourth-order valence-corrected chi connectivity index (χ4v) is 2.51. The number of nitriles is 1. The lowest BCUT2D eigenvalue weighted by Gasteiger charge is -2.06. The first-order valence-electron chi connectivity index (χ1n) is 7.56. The third-order valence-corrected chi connectivity index (χ3v) is 3.63. The monoisotopic (exact) mass is 321 g/mol. The molecule has 1 heterocycles. The van der Waals surface area contributed by atoms with E-state index in [4.69, 9.17) is 9.68 Å². The maximum atomic E-state index is 12.0. The second-order valence-electron chi connectivity index (χ2n) is 5.33. The first-order valence-corrected chi connectivity index (χ1v) is 7.56. The summed E-state index contributed by atoms with van der Waals surface area (Å²) in [4.78, 5) is 23.8. The maximum Gasteiger partial charge on any atom is 0.419 e. The predicted octanol–water partition coefficient (Wildman–Crippen LogP) is 2.89. The van der Waals surface area contributed by atoms with E-state index in [0.717, 1.165) is 5.52 Å². The Morgan fingerprint density at radius 2 is 2.04 bits per heavy atom. The van der Waals surface area contributed by atoms with Gasteiger partial charge in [0.1, 0.15) is 0 Å². The molecule has 0 atom stereocenters. The highest BCUT2D eigenvalue weighted by Gasteiger charge is 2.09. The summed E-state index contributed by atoms with van der Waals surface area (Å²) < 4.78 is 6.68. The van der Waals surface area contributed by atoms with Crippen molar-refractivity contribution in [3.63, 3.8) is 0 Å². The Kier molecular flexibility index (Phi) is 4.43. The van der Waals surface area contributed by atoms with Crippen LogP contribution in [0.5, 0.6) is 0 Å². The molecular weight excluding hydrogens is 306 g/mol. The van der Waals surface area contributed by atoms with Crippen molar-refractivity contribution in [2.24, 2.45) is 0 Å². The largest absolute Gasteiger partial charge is 0.419 e. The predicted molar refractivity (Wildman–Crippen MR) is 89.5 cm³/mol. The number of nitrogens with zero attached hydrogens (tertiary/aromatic N) is 2. The van der Waals surface area contributed by atoms with Crippen LogP contribution in [0, 0.1) is 11.3 Å². The van der Waals surface area contributed by atoms with Gasteiger partial charge < -0.3 is 9.73 Å². The van der Waals surface area contributed by atoms with E-state index < -0.39 is 5.76 Å². The van der Waals surface area contributed by atoms with Crippen LogP contribution in [0.3, 0.4) is 0 Å². The summed E-state index contributed by atoms with van der Waals surface area (Å²) in [5.41, 5.74) is 2.35. The number of rotatable bonds is 5. The van der Waals surface area contributed by atoms with Crippen molar-refractivity contribution in [1.29, 1.82) is 5.26 Å². The zero-order valence-electron chi connectivity index (χ0n) is 12.9.